The molecule has 0 bridgehead atoms. The Morgan fingerprint density at radius 1 is 1.26 bits per heavy atom. The van der Waals surface area contributed by atoms with Crippen LogP contribution in [-0.2, 0) is 10.2 Å². The van der Waals surface area contributed by atoms with Crippen molar-refractivity contribution >= 4 is 22.4 Å². The summed E-state index contributed by atoms with van der Waals surface area (Å²) < 4.78 is 5.51. The van der Waals surface area contributed by atoms with E-state index < -0.39 is 0 Å². The quantitative estimate of drug-likeness (QED) is 0.872. The van der Waals surface area contributed by atoms with Gasteiger partial charge in [0.25, 0.3) is 5.91 Å². The van der Waals surface area contributed by atoms with E-state index in [-0.39, 0.29) is 17.9 Å². The van der Waals surface area contributed by atoms with Gasteiger partial charge in [0.05, 0.1) is 5.69 Å². The number of hydrogen-bond acceptors (Lipinski definition) is 4. The number of carbonyl (C=O) groups is 1. The van der Waals surface area contributed by atoms with E-state index in [1.54, 1.807) is 0 Å². The van der Waals surface area contributed by atoms with Crippen molar-refractivity contribution in [3.63, 3.8) is 0 Å². The number of nitrogens with one attached hydrogen (secondary N) is 1. The number of nitrogens with zero attached hydrogens (tertiary/aromatic N) is 1. The molecule has 0 radical (unpaired) electrons. The van der Waals surface area contributed by atoms with Crippen molar-refractivity contribution < 1.29 is 9.53 Å². The van der Waals surface area contributed by atoms with Crippen LogP contribution in [0.1, 0.15) is 51.8 Å². The monoisotopic (exact) mass is 332 g/mol. The molecular weight excluding hydrogens is 308 g/mol. The molecule has 124 valence electrons. The van der Waals surface area contributed by atoms with Crippen LogP contribution in [0.15, 0.2) is 29.6 Å². The van der Waals surface area contributed by atoms with E-state index in [2.05, 4.69) is 44.9 Å². The summed E-state index contributed by atoms with van der Waals surface area (Å²) in [7, 11) is 0. The Balaban J connectivity index is 1.86. The first-order valence-electron chi connectivity index (χ1n) is 7.74. The predicted octanol–water partition coefficient (Wildman–Crippen LogP) is 4.58. The van der Waals surface area contributed by atoms with Gasteiger partial charge in [-0.1, -0.05) is 46.8 Å². The third kappa shape index (κ3) is 5.06. The van der Waals surface area contributed by atoms with Crippen LogP contribution in [0.5, 0.6) is 5.75 Å². The molecule has 0 aliphatic rings. The Hall–Kier alpha value is -1.88. The second-order valence-electron chi connectivity index (χ2n) is 6.85. The van der Waals surface area contributed by atoms with Crippen LogP contribution in [0, 0.1) is 0 Å². The summed E-state index contributed by atoms with van der Waals surface area (Å²) in [4.78, 5) is 16.4. The Kier molecular flexibility index (Phi) is 5.42. The zero-order valence-corrected chi connectivity index (χ0v) is 15.2. The minimum absolute atomic E-state index is 0.0197. The summed E-state index contributed by atoms with van der Waals surface area (Å²) >= 11 is 1.43. The molecule has 0 atom stereocenters. The Labute approximate surface area is 141 Å². The van der Waals surface area contributed by atoms with Crippen LogP contribution in [0.25, 0.3) is 0 Å². The SMILES string of the molecule is CC(C)c1ccc(OCC(=O)Nc2nc(C(C)(C)C)cs2)cc1. The van der Waals surface area contributed by atoms with E-state index in [0.29, 0.717) is 16.8 Å². The molecule has 0 saturated carbocycles. The average Bonchev–Trinajstić information content (AvgIpc) is 2.94. The third-order valence-corrected chi connectivity index (χ3v) is 4.19. The van der Waals surface area contributed by atoms with Gasteiger partial charge in [-0.25, -0.2) is 4.98 Å². The topological polar surface area (TPSA) is 51.2 Å². The van der Waals surface area contributed by atoms with Gasteiger partial charge in [-0.3, -0.25) is 10.1 Å². The van der Waals surface area contributed by atoms with Crippen LogP contribution in [0.4, 0.5) is 5.13 Å². The lowest BCUT2D eigenvalue weighted by Gasteiger charge is -2.14. The maximum Gasteiger partial charge on any atom is 0.264 e. The first kappa shape index (κ1) is 17.5. The number of aromatic nitrogens is 1. The molecule has 1 heterocycles. The van der Waals surface area contributed by atoms with E-state index in [9.17, 15) is 4.79 Å². The second-order valence-corrected chi connectivity index (χ2v) is 7.71. The Morgan fingerprint density at radius 2 is 1.91 bits per heavy atom. The maximum atomic E-state index is 12.0. The molecule has 23 heavy (non-hydrogen) atoms. The summed E-state index contributed by atoms with van der Waals surface area (Å²) in [6.07, 6.45) is 0. The van der Waals surface area contributed by atoms with Crippen molar-refractivity contribution in [1.29, 1.82) is 0 Å². The number of hydrogen-bond donors (Lipinski definition) is 1. The summed E-state index contributed by atoms with van der Waals surface area (Å²) in [5, 5.41) is 5.36. The van der Waals surface area contributed by atoms with Gasteiger partial charge >= 0.3 is 0 Å². The molecule has 1 aromatic carbocycles. The first-order chi connectivity index (χ1) is 10.8. The smallest absolute Gasteiger partial charge is 0.264 e. The molecule has 2 aromatic rings. The van der Waals surface area contributed by atoms with Crippen LogP contribution < -0.4 is 10.1 Å². The normalized spacial score (nSPS) is 11.6. The molecule has 0 fully saturated rings. The molecule has 5 heteroatoms. The van der Waals surface area contributed by atoms with Gasteiger partial charge in [0.15, 0.2) is 11.7 Å². The van der Waals surface area contributed by atoms with Gasteiger partial charge in [0, 0.05) is 10.8 Å². The first-order valence-corrected chi connectivity index (χ1v) is 8.62. The number of ether oxygens (including phenoxy) is 1. The van der Waals surface area contributed by atoms with Crippen molar-refractivity contribution in [2.45, 2.75) is 46.0 Å². The van der Waals surface area contributed by atoms with Crippen LogP contribution >= 0.6 is 11.3 Å². The van der Waals surface area contributed by atoms with Gasteiger partial charge in [0.2, 0.25) is 0 Å². The van der Waals surface area contributed by atoms with Crippen molar-refractivity contribution in [1.82, 2.24) is 4.98 Å². The van der Waals surface area contributed by atoms with Crippen molar-refractivity contribution in [2.24, 2.45) is 0 Å². The molecule has 0 aliphatic heterocycles. The standard InChI is InChI=1S/C18H24N2O2S/c1-12(2)13-6-8-14(9-7-13)22-10-16(21)20-17-19-15(11-23-17)18(3,4)5/h6-9,11-12H,10H2,1-5H3,(H,19,20,21). The molecule has 0 saturated heterocycles. The van der Waals surface area contributed by atoms with Crippen molar-refractivity contribution in [2.75, 3.05) is 11.9 Å². The highest BCUT2D eigenvalue weighted by Crippen LogP contribution is 2.26. The summed E-state index contributed by atoms with van der Waals surface area (Å²) in [5.74, 6) is 0.973. The number of anilines is 1. The van der Waals surface area contributed by atoms with Gasteiger partial charge in [0.1, 0.15) is 5.75 Å². The number of rotatable bonds is 5. The van der Waals surface area contributed by atoms with Crippen LogP contribution in [-0.4, -0.2) is 17.5 Å². The highest BCUT2D eigenvalue weighted by atomic mass is 32.1. The number of thiazole rings is 1. The fourth-order valence-corrected chi connectivity index (χ4v) is 2.88. The molecule has 0 aliphatic carbocycles. The Morgan fingerprint density at radius 3 is 2.43 bits per heavy atom. The second kappa shape index (κ2) is 7.13. The van der Waals surface area contributed by atoms with Crippen LogP contribution in [0.3, 0.4) is 0 Å². The maximum absolute atomic E-state index is 12.0. The highest BCUT2D eigenvalue weighted by molar-refractivity contribution is 7.13. The van der Waals surface area contributed by atoms with E-state index in [1.165, 1.54) is 16.9 Å². The lowest BCUT2D eigenvalue weighted by Crippen LogP contribution is -2.20. The molecule has 1 amide bonds. The zero-order valence-electron chi connectivity index (χ0n) is 14.3. The molecule has 4 nitrogen and oxygen atoms in total. The number of carbonyl (C=O) groups excluding carboxylic acids is 1. The summed E-state index contributed by atoms with van der Waals surface area (Å²) in [5.41, 5.74) is 2.20. The lowest BCUT2D eigenvalue weighted by atomic mass is 9.93. The Bertz CT molecular complexity index is 654. The zero-order chi connectivity index (χ0) is 17.0. The fraction of sp³-hybridized carbons (Fsp3) is 0.444. The van der Waals surface area contributed by atoms with Crippen molar-refractivity contribution in [3.8, 4) is 5.75 Å². The largest absolute Gasteiger partial charge is 0.484 e. The number of amides is 1. The minimum Gasteiger partial charge on any atom is -0.484 e. The lowest BCUT2D eigenvalue weighted by molar-refractivity contribution is -0.118. The molecular formula is C18H24N2O2S. The van der Waals surface area contributed by atoms with Gasteiger partial charge in [-0.15, -0.1) is 11.3 Å². The summed E-state index contributed by atoms with van der Waals surface area (Å²) in [6.45, 7) is 10.5. The van der Waals surface area contributed by atoms with E-state index in [0.717, 1.165) is 5.69 Å². The predicted molar refractivity (Wildman–Crippen MR) is 95.5 cm³/mol. The van der Waals surface area contributed by atoms with Gasteiger partial charge < -0.3 is 4.74 Å². The fourth-order valence-electron chi connectivity index (χ4n) is 1.93. The molecule has 1 N–H and O–H groups in total. The molecule has 0 spiro atoms. The van der Waals surface area contributed by atoms with Gasteiger partial charge in [-0.2, -0.15) is 0 Å². The molecule has 0 unspecified atom stereocenters. The summed E-state index contributed by atoms with van der Waals surface area (Å²) in [6, 6.07) is 7.83. The van der Waals surface area contributed by atoms with E-state index in [1.807, 2.05) is 29.6 Å². The molecule has 1 aromatic heterocycles. The average molecular weight is 332 g/mol. The minimum atomic E-state index is -0.201. The highest BCUT2D eigenvalue weighted by Gasteiger charge is 2.18. The van der Waals surface area contributed by atoms with Gasteiger partial charge in [-0.05, 0) is 23.6 Å². The van der Waals surface area contributed by atoms with E-state index >= 15 is 0 Å². The van der Waals surface area contributed by atoms with E-state index in [4.69, 9.17) is 4.74 Å². The van der Waals surface area contributed by atoms with Crippen molar-refractivity contribution in [3.05, 3.63) is 40.9 Å². The van der Waals surface area contributed by atoms with Crippen LogP contribution in [0.2, 0.25) is 0 Å². The molecule has 2 rings (SSSR count). The third-order valence-electron chi connectivity index (χ3n) is 3.44. The number of benzene rings is 1.